The van der Waals surface area contributed by atoms with Gasteiger partial charge in [-0.2, -0.15) is 10.2 Å². The van der Waals surface area contributed by atoms with Crippen LogP contribution in [0, 0.1) is 5.82 Å². The molecular formula is C17H14FN5O. The van der Waals surface area contributed by atoms with E-state index >= 15 is 0 Å². The minimum atomic E-state index is -0.417. The first-order chi connectivity index (χ1) is 11.6. The predicted molar refractivity (Wildman–Crippen MR) is 85.2 cm³/mol. The number of allylic oxidation sites excluding steroid dienone is 1. The molecular weight excluding hydrogens is 309 g/mol. The largest absolute Gasteiger partial charge is 0.289 e. The van der Waals surface area contributed by atoms with Crippen LogP contribution in [0.4, 0.5) is 4.39 Å². The van der Waals surface area contributed by atoms with Gasteiger partial charge >= 0.3 is 0 Å². The van der Waals surface area contributed by atoms with Gasteiger partial charge in [0.25, 0.3) is 0 Å². The molecule has 2 aromatic heterocycles. The van der Waals surface area contributed by atoms with Crippen LogP contribution in [0.3, 0.4) is 0 Å². The summed E-state index contributed by atoms with van der Waals surface area (Å²) < 4.78 is 17.4. The summed E-state index contributed by atoms with van der Waals surface area (Å²) in [5.74, 6) is -0.453. The Balaban J connectivity index is 1.67. The molecule has 0 saturated carbocycles. The van der Waals surface area contributed by atoms with Crippen molar-refractivity contribution < 1.29 is 9.18 Å². The van der Waals surface area contributed by atoms with E-state index in [1.165, 1.54) is 23.4 Å². The molecule has 7 heteroatoms. The van der Waals surface area contributed by atoms with Crippen LogP contribution in [0.2, 0.25) is 0 Å². The number of aromatic nitrogens is 5. The molecule has 0 aliphatic heterocycles. The number of benzene rings is 1. The van der Waals surface area contributed by atoms with E-state index in [9.17, 15) is 9.18 Å². The van der Waals surface area contributed by atoms with Crippen LogP contribution >= 0.6 is 0 Å². The first-order valence-corrected chi connectivity index (χ1v) is 7.54. The van der Waals surface area contributed by atoms with Crippen LogP contribution in [0.5, 0.6) is 0 Å². The highest BCUT2D eigenvalue weighted by Gasteiger charge is 2.24. The molecule has 24 heavy (non-hydrogen) atoms. The number of nitrogens with zero attached hydrogens (tertiary/aromatic N) is 5. The van der Waals surface area contributed by atoms with E-state index in [4.69, 9.17) is 0 Å². The lowest BCUT2D eigenvalue weighted by Gasteiger charge is -2.14. The lowest BCUT2D eigenvalue weighted by molar-refractivity contribution is 0.102. The third kappa shape index (κ3) is 2.34. The standard InChI is InChI=1S/C17H14FN5O/c1-22-15-5-3-12(17(24)13(15)8-20-22)6-11-2-4-16(14(18)7-11)23-10-19-9-21-23/h2,4,6-10H,3,5H2,1H3/b12-6+. The van der Waals surface area contributed by atoms with Gasteiger partial charge in [-0.1, -0.05) is 6.07 Å². The molecule has 0 radical (unpaired) electrons. The van der Waals surface area contributed by atoms with Crippen molar-refractivity contribution in [3.63, 3.8) is 0 Å². The minimum absolute atomic E-state index is 0.0369. The van der Waals surface area contributed by atoms with E-state index in [1.54, 1.807) is 29.1 Å². The van der Waals surface area contributed by atoms with Crippen molar-refractivity contribution in [2.24, 2.45) is 7.05 Å². The highest BCUT2D eigenvalue weighted by atomic mass is 19.1. The van der Waals surface area contributed by atoms with Crippen molar-refractivity contribution in [3.8, 4) is 5.69 Å². The Morgan fingerprint density at radius 3 is 2.88 bits per heavy atom. The molecule has 1 aliphatic rings. The predicted octanol–water partition coefficient (Wildman–Crippen LogP) is 2.35. The third-order valence-corrected chi connectivity index (χ3v) is 4.21. The molecule has 3 aromatic rings. The Labute approximate surface area is 137 Å². The Kier molecular flexibility index (Phi) is 3.34. The molecule has 0 amide bonds. The molecule has 2 heterocycles. The van der Waals surface area contributed by atoms with Crippen LogP contribution in [0.15, 0.2) is 42.6 Å². The third-order valence-electron chi connectivity index (χ3n) is 4.21. The SMILES string of the molecule is Cn1ncc2c1CC/C(=C\c1ccc(-n3cncn3)c(F)c1)C2=O. The Bertz CT molecular complexity index is 956. The highest BCUT2D eigenvalue weighted by Crippen LogP contribution is 2.26. The molecule has 0 N–H and O–H groups in total. The van der Waals surface area contributed by atoms with Crippen LogP contribution < -0.4 is 0 Å². The molecule has 0 unspecified atom stereocenters. The summed E-state index contributed by atoms with van der Waals surface area (Å²) in [7, 11) is 1.83. The average Bonchev–Trinajstić information content (AvgIpc) is 3.21. The van der Waals surface area contributed by atoms with Gasteiger partial charge in [-0.25, -0.2) is 14.1 Å². The fourth-order valence-corrected chi connectivity index (χ4v) is 2.96. The van der Waals surface area contributed by atoms with Crippen molar-refractivity contribution >= 4 is 11.9 Å². The lowest BCUT2D eigenvalue weighted by atomic mass is 9.90. The van der Waals surface area contributed by atoms with E-state index in [2.05, 4.69) is 15.2 Å². The number of carbonyl (C=O) groups excluding carboxylic acids is 1. The van der Waals surface area contributed by atoms with E-state index in [0.29, 0.717) is 28.8 Å². The summed E-state index contributed by atoms with van der Waals surface area (Å²) in [6.45, 7) is 0. The second kappa shape index (κ2) is 5.52. The van der Waals surface area contributed by atoms with Crippen molar-refractivity contribution in [1.82, 2.24) is 24.5 Å². The van der Waals surface area contributed by atoms with E-state index < -0.39 is 5.82 Å². The van der Waals surface area contributed by atoms with Gasteiger partial charge in [-0.3, -0.25) is 9.48 Å². The maximum Gasteiger partial charge on any atom is 0.192 e. The van der Waals surface area contributed by atoms with Crippen molar-refractivity contribution in [3.05, 3.63) is 65.3 Å². The summed E-state index contributed by atoms with van der Waals surface area (Å²) in [5, 5.41) is 8.06. The number of rotatable bonds is 2. The van der Waals surface area contributed by atoms with Gasteiger partial charge in [0.1, 0.15) is 24.2 Å². The summed E-state index contributed by atoms with van der Waals surface area (Å²) in [6.07, 6.45) is 7.50. The second-order valence-corrected chi connectivity index (χ2v) is 5.68. The van der Waals surface area contributed by atoms with Crippen molar-refractivity contribution in [2.75, 3.05) is 0 Å². The molecule has 0 spiro atoms. The van der Waals surface area contributed by atoms with Crippen LogP contribution in [-0.4, -0.2) is 30.3 Å². The number of halogens is 1. The molecule has 0 bridgehead atoms. The summed E-state index contributed by atoms with van der Waals surface area (Å²) >= 11 is 0. The fourth-order valence-electron chi connectivity index (χ4n) is 2.96. The molecule has 120 valence electrons. The van der Waals surface area contributed by atoms with Crippen LogP contribution in [0.25, 0.3) is 11.8 Å². The molecule has 6 nitrogen and oxygen atoms in total. The quantitative estimate of drug-likeness (QED) is 0.679. The fraction of sp³-hybridized carbons (Fsp3) is 0.176. The van der Waals surface area contributed by atoms with Gasteiger partial charge in [0.05, 0.1) is 11.8 Å². The van der Waals surface area contributed by atoms with Crippen molar-refractivity contribution in [2.45, 2.75) is 12.8 Å². The molecule has 1 aromatic carbocycles. The number of hydrogen-bond donors (Lipinski definition) is 0. The Hall–Kier alpha value is -3.09. The molecule has 0 atom stereocenters. The van der Waals surface area contributed by atoms with Gasteiger partial charge in [-0.15, -0.1) is 0 Å². The number of hydrogen-bond acceptors (Lipinski definition) is 4. The number of Topliss-reactive ketones (excluding diaryl/α,β-unsaturated/α-hetero) is 1. The first-order valence-electron chi connectivity index (χ1n) is 7.54. The molecule has 0 fully saturated rings. The van der Waals surface area contributed by atoms with Crippen LogP contribution in [-0.2, 0) is 13.5 Å². The average molecular weight is 323 g/mol. The zero-order valence-electron chi connectivity index (χ0n) is 13.0. The van der Waals surface area contributed by atoms with E-state index in [0.717, 1.165) is 12.1 Å². The zero-order chi connectivity index (χ0) is 16.7. The summed E-state index contributed by atoms with van der Waals surface area (Å²) in [4.78, 5) is 16.3. The smallest absolute Gasteiger partial charge is 0.192 e. The zero-order valence-corrected chi connectivity index (χ0v) is 13.0. The second-order valence-electron chi connectivity index (χ2n) is 5.68. The number of fused-ring (bicyclic) bond motifs is 1. The Morgan fingerprint density at radius 1 is 1.25 bits per heavy atom. The van der Waals surface area contributed by atoms with Gasteiger partial charge in [-0.05, 0) is 36.6 Å². The lowest BCUT2D eigenvalue weighted by Crippen LogP contribution is -2.15. The highest BCUT2D eigenvalue weighted by molar-refractivity contribution is 6.12. The topological polar surface area (TPSA) is 65.6 Å². The maximum absolute atomic E-state index is 14.3. The number of ketones is 1. The van der Waals surface area contributed by atoms with E-state index in [-0.39, 0.29) is 5.78 Å². The van der Waals surface area contributed by atoms with Gasteiger partial charge in [0.15, 0.2) is 5.78 Å². The Morgan fingerprint density at radius 2 is 2.12 bits per heavy atom. The van der Waals surface area contributed by atoms with Crippen molar-refractivity contribution in [1.29, 1.82) is 0 Å². The molecule has 4 rings (SSSR count). The van der Waals surface area contributed by atoms with Gasteiger partial charge < -0.3 is 0 Å². The first kappa shape index (κ1) is 14.5. The van der Waals surface area contributed by atoms with Gasteiger partial charge in [0, 0.05) is 18.3 Å². The summed E-state index contributed by atoms with van der Waals surface area (Å²) in [5.41, 5.74) is 3.22. The monoisotopic (exact) mass is 323 g/mol. The number of carbonyl (C=O) groups is 1. The number of aryl methyl sites for hydroxylation is 1. The minimum Gasteiger partial charge on any atom is -0.289 e. The molecule has 0 saturated heterocycles. The van der Waals surface area contributed by atoms with E-state index in [1.807, 2.05) is 7.05 Å². The van der Waals surface area contributed by atoms with Crippen LogP contribution in [0.1, 0.15) is 28.0 Å². The maximum atomic E-state index is 14.3. The summed E-state index contributed by atoms with van der Waals surface area (Å²) in [6, 6.07) is 4.79. The molecule has 1 aliphatic carbocycles. The normalized spacial score (nSPS) is 15.8. The van der Waals surface area contributed by atoms with Gasteiger partial charge in [0.2, 0.25) is 0 Å².